The van der Waals surface area contributed by atoms with E-state index in [-0.39, 0.29) is 15.6 Å². The lowest BCUT2D eigenvalue weighted by molar-refractivity contribution is 0.567. The molecule has 0 heterocycles. The lowest BCUT2D eigenvalue weighted by Gasteiger charge is -2.32. The van der Waals surface area contributed by atoms with E-state index in [0.29, 0.717) is 11.8 Å². The molecule has 4 unspecified atom stereocenters. The molecule has 0 fully saturated rings. The van der Waals surface area contributed by atoms with Crippen molar-refractivity contribution in [3.05, 3.63) is 12.2 Å². The van der Waals surface area contributed by atoms with E-state index in [4.69, 9.17) is 34.8 Å². The van der Waals surface area contributed by atoms with Crippen molar-refractivity contribution >= 4 is 66.7 Å². The van der Waals surface area contributed by atoms with Crippen molar-refractivity contribution in [1.82, 2.24) is 0 Å². The molecule has 0 aromatic heterocycles. The van der Waals surface area contributed by atoms with Gasteiger partial charge in [0.05, 0.1) is 15.6 Å². The first kappa shape index (κ1) is 16.6. The van der Waals surface area contributed by atoms with Crippen LogP contribution in [0.15, 0.2) is 12.2 Å². The fraction of sp³-hybridized carbons (Fsp3) is 0.800. The van der Waals surface area contributed by atoms with Crippen LogP contribution in [-0.4, -0.2) is 25.8 Å². The van der Waals surface area contributed by atoms with Crippen molar-refractivity contribution in [3.63, 3.8) is 0 Å². The second-order valence-electron chi connectivity index (χ2n) is 3.79. The second kappa shape index (κ2) is 7.10. The van der Waals surface area contributed by atoms with Crippen LogP contribution in [-0.2, 0) is 0 Å². The highest BCUT2D eigenvalue weighted by atomic mass is 79.9. The monoisotopic (exact) mass is 398 g/mol. The van der Waals surface area contributed by atoms with Crippen LogP contribution >= 0.6 is 66.7 Å². The van der Waals surface area contributed by atoms with Gasteiger partial charge in [-0.3, -0.25) is 0 Å². The SMILES string of the molecule is C=C(C)C(Cl)CC(Br)C(C)(Cl)C(Cl)CBr. The highest BCUT2D eigenvalue weighted by Gasteiger charge is 2.37. The van der Waals surface area contributed by atoms with Crippen molar-refractivity contribution < 1.29 is 0 Å². The third-order valence-electron chi connectivity index (χ3n) is 2.31. The number of rotatable bonds is 6. The zero-order chi connectivity index (χ0) is 12.2. The van der Waals surface area contributed by atoms with Crippen LogP contribution in [0.2, 0.25) is 0 Å². The van der Waals surface area contributed by atoms with Gasteiger partial charge < -0.3 is 0 Å². The van der Waals surface area contributed by atoms with Crippen LogP contribution in [0.1, 0.15) is 20.3 Å². The van der Waals surface area contributed by atoms with E-state index in [9.17, 15) is 0 Å². The fourth-order valence-corrected chi connectivity index (χ4v) is 3.38. The van der Waals surface area contributed by atoms with Crippen LogP contribution in [0.4, 0.5) is 0 Å². The molecule has 0 aliphatic rings. The fourth-order valence-electron chi connectivity index (χ4n) is 0.960. The molecule has 0 N–H and O–H groups in total. The molecule has 0 rings (SSSR count). The Morgan fingerprint density at radius 3 is 2.27 bits per heavy atom. The lowest BCUT2D eigenvalue weighted by atomic mass is 9.98. The van der Waals surface area contributed by atoms with Gasteiger partial charge in [-0.1, -0.05) is 44.0 Å². The van der Waals surface area contributed by atoms with Crippen molar-refractivity contribution in [2.45, 2.75) is 40.7 Å². The van der Waals surface area contributed by atoms with E-state index in [1.165, 1.54) is 0 Å². The highest BCUT2D eigenvalue weighted by molar-refractivity contribution is 9.09. The molecule has 0 spiro atoms. The number of alkyl halides is 5. The molecular weight excluding hydrogens is 386 g/mol. The first-order valence-corrected chi connectivity index (χ1v) is 7.84. The third-order valence-corrected chi connectivity index (χ3v) is 6.71. The summed E-state index contributed by atoms with van der Waals surface area (Å²) in [4.78, 5) is -0.487. The molecule has 0 amide bonds. The normalized spacial score (nSPS) is 21.5. The van der Waals surface area contributed by atoms with Gasteiger partial charge in [-0.05, 0) is 20.3 Å². The molecule has 0 aromatic rings. The summed E-state index contributed by atoms with van der Waals surface area (Å²) in [5.74, 6) is 0. The van der Waals surface area contributed by atoms with Gasteiger partial charge in [-0.15, -0.1) is 34.8 Å². The van der Waals surface area contributed by atoms with Gasteiger partial charge in [0.1, 0.15) is 0 Å². The summed E-state index contributed by atoms with van der Waals surface area (Å²) < 4.78 is 0. The third kappa shape index (κ3) is 5.16. The Labute approximate surface area is 124 Å². The van der Waals surface area contributed by atoms with Crippen molar-refractivity contribution in [2.24, 2.45) is 0 Å². The van der Waals surface area contributed by atoms with Crippen LogP contribution in [0, 0.1) is 0 Å². The number of hydrogen-bond donors (Lipinski definition) is 0. The molecule has 5 heteroatoms. The maximum atomic E-state index is 6.39. The first-order valence-electron chi connectivity index (χ1n) is 4.56. The van der Waals surface area contributed by atoms with Crippen LogP contribution < -0.4 is 0 Å². The minimum atomic E-state index is -0.534. The molecular formula is C10H15Br2Cl3. The average Bonchev–Trinajstić information content (AvgIpc) is 2.15. The average molecular weight is 401 g/mol. The molecule has 0 nitrogen and oxygen atoms in total. The summed E-state index contributed by atoms with van der Waals surface area (Å²) in [6.07, 6.45) is 0.715. The molecule has 0 aliphatic heterocycles. The summed E-state index contributed by atoms with van der Waals surface area (Å²) in [5, 5.41) is 0.417. The zero-order valence-electron chi connectivity index (χ0n) is 8.74. The largest absolute Gasteiger partial charge is 0.120 e. The maximum Gasteiger partial charge on any atom is 0.0715 e. The molecule has 4 atom stereocenters. The Morgan fingerprint density at radius 2 is 1.93 bits per heavy atom. The summed E-state index contributed by atoms with van der Waals surface area (Å²) >= 11 is 25.5. The van der Waals surface area contributed by atoms with Gasteiger partial charge in [-0.2, -0.15) is 0 Å². The molecule has 0 aliphatic carbocycles. The van der Waals surface area contributed by atoms with Gasteiger partial charge in [-0.25, -0.2) is 0 Å². The molecule has 15 heavy (non-hydrogen) atoms. The Morgan fingerprint density at radius 1 is 1.47 bits per heavy atom. The number of hydrogen-bond acceptors (Lipinski definition) is 0. The Hall–Kier alpha value is 1.57. The number of halogens is 5. The molecule has 90 valence electrons. The first-order chi connectivity index (χ1) is 6.73. The molecule has 0 radical (unpaired) electrons. The van der Waals surface area contributed by atoms with Crippen molar-refractivity contribution in [2.75, 3.05) is 5.33 Å². The highest BCUT2D eigenvalue weighted by Crippen LogP contribution is 2.37. The predicted octanol–water partition coefficient (Wildman–Crippen LogP) is 5.32. The Balaban J connectivity index is 4.42. The van der Waals surface area contributed by atoms with Crippen LogP contribution in [0.3, 0.4) is 0 Å². The van der Waals surface area contributed by atoms with Gasteiger partial charge in [0, 0.05) is 10.2 Å². The Kier molecular flexibility index (Phi) is 7.85. The Bertz CT molecular complexity index is 219. The summed E-state index contributed by atoms with van der Waals surface area (Å²) in [5.41, 5.74) is 0.943. The molecule has 0 bridgehead atoms. The van der Waals surface area contributed by atoms with E-state index in [1.807, 2.05) is 13.8 Å². The summed E-state index contributed by atoms with van der Waals surface area (Å²) in [7, 11) is 0. The van der Waals surface area contributed by atoms with Crippen molar-refractivity contribution in [1.29, 1.82) is 0 Å². The van der Waals surface area contributed by atoms with E-state index < -0.39 is 4.87 Å². The van der Waals surface area contributed by atoms with Crippen LogP contribution in [0.25, 0.3) is 0 Å². The maximum absolute atomic E-state index is 6.39. The standard InChI is InChI=1S/C10H15Br2Cl3/c1-6(2)7(13)4-8(12)10(3,15)9(14)5-11/h7-9H,1,4-5H2,2-3H3. The van der Waals surface area contributed by atoms with Crippen molar-refractivity contribution in [3.8, 4) is 0 Å². The van der Waals surface area contributed by atoms with E-state index >= 15 is 0 Å². The van der Waals surface area contributed by atoms with Gasteiger partial charge >= 0.3 is 0 Å². The second-order valence-corrected chi connectivity index (χ2v) is 7.41. The van der Waals surface area contributed by atoms with Gasteiger partial charge in [0.25, 0.3) is 0 Å². The molecule has 0 saturated heterocycles. The van der Waals surface area contributed by atoms with Crippen LogP contribution in [0.5, 0.6) is 0 Å². The van der Waals surface area contributed by atoms with E-state index in [1.54, 1.807) is 0 Å². The van der Waals surface area contributed by atoms with Gasteiger partial charge in [0.15, 0.2) is 0 Å². The summed E-state index contributed by atoms with van der Waals surface area (Å²) in [6.45, 7) is 7.64. The minimum Gasteiger partial charge on any atom is -0.120 e. The van der Waals surface area contributed by atoms with E-state index in [2.05, 4.69) is 38.4 Å². The molecule has 0 saturated carbocycles. The predicted molar refractivity (Wildman–Crippen MR) is 79.5 cm³/mol. The smallest absolute Gasteiger partial charge is 0.0715 e. The zero-order valence-corrected chi connectivity index (χ0v) is 14.2. The quantitative estimate of drug-likeness (QED) is 0.417. The summed E-state index contributed by atoms with van der Waals surface area (Å²) in [6, 6.07) is 0. The van der Waals surface area contributed by atoms with E-state index in [0.717, 1.165) is 5.57 Å². The topological polar surface area (TPSA) is 0 Å². The number of allylic oxidation sites excluding steroid dienone is 1. The minimum absolute atomic E-state index is 0.0471. The lowest BCUT2D eigenvalue weighted by Crippen LogP contribution is -2.40. The molecule has 0 aromatic carbocycles. The van der Waals surface area contributed by atoms with Gasteiger partial charge in [0.2, 0.25) is 0 Å².